The van der Waals surface area contributed by atoms with Crippen molar-refractivity contribution in [2.75, 3.05) is 38.4 Å². The van der Waals surface area contributed by atoms with Crippen molar-refractivity contribution in [3.05, 3.63) is 22.6 Å². The quantitative estimate of drug-likeness (QED) is 0.674. The molecule has 3 heterocycles. The predicted molar refractivity (Wildman–Crippen MR) is 103 cm³/mol. The molecule has 2 aromatic heterocycles. The molecule has 1 aliphatic heterocycles. The molecule has 2 N–H and O–H groups in total. The second-order valence-corrected chi connectivity index (χ2v) is 7.83. The zero-order valence-corrected chi connectivity index (χ0v) is 16.4. The standard InChI is InChI=1S/C17H25N4O5P/c1-25-11-21-17(22)15-13(10-18-21)9-14(19-16(15)26-2)20-6-3-12(4-7-20)5-8-27(23)24/h9-10,12,23-24H,3-8,11H2,1-2H3. The van der Waals surface area contributed by atoms with E-state index in [0.717, 1.165) is 38.2 Å². The van der Waals surface area contributed by atoms with Crippen LogP contribution in [0.15, 0.2) is 17.1 Å². The predicted octanol–water partition coefficient (Wildman–Crippen LogP) is 1.31. The Morgan fingerprint density at radius 2 is 2.04 bits per heavy atom. The molecular weight excluding hydrogens is 371 g/mol. The van der Waals surface area contributed by atoms with Gasteiger partial charge in [0.1, 0.15) is 17.9 Å². The Bertz CT molecular complexity index is 836. The minimum absolute atomic E-state index is 0.0665. The molecule has 27 heavy (non-hydrogen) atoms. The van der Waals surface area contributed by atoms with E-state index in [0.29, 0.717) is 22.9 Å². The Morgan fingerprint density at radius 3 is 2.67 bits per heavy atom. The fourth-order valence-corrected chi connectivity index (χ4v) is 4.03. The molecule has 9 nitrogen and oxygen atoms in total. The van der Waals surface area contributed by atoms with Crippen molar-refractivity contribution in [2.45, 2.75) is 26.0 Å². The number of pyridine rings is 1. The Labute approximate surface area is 158 Å². The molecule has 0 atom stereocenters. The first-order chi connectivity index (χ1) is 13.0. The van der Waals surface area contributed by atoms with Crippen LogP contribution in [0.25, 0.3) is 10.8 Å². The molecule has 0 saturated carbocycles. The zero-order valence-electron chi connectivity index (χ0n) is 15.5. The number of methoxy groups -OCH3 is 2. The van der Waals surface area contributed by atoms with Crippen molar-refractivity contribution in [2.24, 2.45) is 5.92 Å². The maximum absolute atomic E-state index is 12.6. The molecule has 1 aliphatic rings. The largest absolute Gasteiger partial charge is 0.480 e. The maximum Gasteiger partial charge on any atom is 0.282 e. The first-order valence-corrected chi connectivity index (χ1v) is 10.3. The van der Waals surface area contributed by atoms with E-state index in [1.165, 1.54) is 18.9 Å². The van der Waals surface area contributed by atoms with Crippen LogP contribution in [0.2, 0.25) is 0 Å². The van der Waals surface area contributed by atoms with Crippen molar-refractivity contribution >= 4 is 25.0 Å². The number of fused-ring (bicyclic) bond motifs is 1. The Balaban J connectivity index is 1.82. The summed E-state index contributed by atoms with van der Waals surface area (Å²) in [5.74, 6) is 1.54. The molecule has 3 rings (SSSR count). The molecular formula is C17H25N4O5P. The van der Waals surface area contributed by atoms with Crippen LogP contribution in [0.1, 0.15) is 19.3 Å². The molecule has 10 heteroatoms. The van der Waals surface area contributed by atoms with Crippen LogP contribution in [0.3, 0.4) is 0 Å². The van der Waals surface area contributed by atoms with Crippen LogP contribution in [0, 0.1) is 5.92 Å². The van der Waals surface area contributed by atoms with Crippen LogP contribution >= 0.6 is 8.38 Å². The summed E-state index contributed by atoms with van der Waals surface area (Å²) < 4.78 is 11.6. The van der Waals surface area contributed by atoms with E-state index in [-0.39, 0.29) is 18.2 Å². The summed E-state index contributed by atoms with van der Waals surface area (Å²) in [5.41, 5.74) is -0.298. The molecule has 0 radical (unpaired) electrons. The Kier molecular flexibility index (Phi) is 6.59. The number of piperidine rings is 1. The third kappa shape index (κ3) is 4.55. The topological polar surface area (TPSA) is 110 Å². The number of hydrogen-bond donors (Lipinski definition) is 2. The number of rotatable bonds is 7. The number of ether oxygens (including phenoxy) is 2. The number of nitrogens with zero attached hydrogens (tertiary/aromatic N) is 4. The van der Waals surface area contributed by atoms with Gasteiger partial charge in [0, 0.05) is 31.7 Å². The lowest BCUT2D eigenvalue weighted by Crippen LogP contribution is -2.34. The van der Waals surface area contributed by atoms with E-state index in [4.69, 9.17) is 19.3 Å². The fraction of sp³-hybridized carbons (Fsp3) is 0.588. The average Bonchev–Trinajstić information content (AvgIpc) is 2.68. The van der Waals surface area contributed by atoms with Gasteiger partial charge in [-0.1, -0.05) is 0 Å². The van der Waals surface area contributed by atoms with E-state index in [2.05, 4.69) is 15.0 Å². The molecule has 1 saturated heterocycles. The first kappa shape index (κ1) is 19.9. The minimum Gasteiger partial charge on any atom is -0.480 e. The van der Waals surface area contributed by atoms with Gasteiger partial charge >= 0.3 is 0 Å². The third-order valence-electron chi connectivity index (χ3n) is 4.91. The van der Waals surface area contributed by atoms with Gasteiger partial charge in [-0.25, -0.2) is 4.68 Å². The lowest BCUT2D eigenvalue weighted by Gasteiger charge is -2.33. The van der Waals surface area contributed by atoms with E-state index in [1.54, 1.807) is 6.20 Å². The van der Waals surface area contributed by atoms with Crippen LogP contribution in [0.5, 0.6) is 5.88 Å². The number of hydrogen-bond acceptors (Lipinski definition) is 8. The van der Waals surface area contributed by atoms with Crippen molar-refractivity contribution in [3.8, 4) is 5.88 Å². The summed E-state index contributed by atoms with van der Waals surface area (Å²) in [7, 11) is 1.20. The minimum atomic E-state index is -1.81. The van der Waals surface area contributed by atoms with Gasteiger partial charge < -0.3 is 24.2 Å². The molecule has 0 unspecified atom stereocenters. The first-order valence-electron chi connectivity index (χ1n) is 8.87. The zero-order chi connectivity index (χ0) is 19.4. The molecule has 0 bridgehead atoms. The van der Waals surface area contributed by atoms with Crippen molar-refractivity contribution in [1.29, 1.82) is 0 Å². The van der Waals surface area contributed by atoms with Crippen LogP contribution in [0.4, 0.5) is 5.82 Å². The van der Waals surface area contributed by atoms with Gasteiger partial charge in [0.05, 0.1) is 13.3 Å². The molecule has 148 valence electrons. The van der Waals surface area contributed by atoms with Crippen molar-refractivity contribution in [3.63, 3.8) is 0 Å². The van der Waals surface area contributed by atoms with Gasteiger partial charge in [-0.2, -0.15) is 10.1 Å². The second-order valence-electron chi connectivity index (χ2n) is 6.64. The maximum atomic E-state index is 12.6. The lowest BCUT2D eigenvalue weighted by molar-refractivity contribution is 0.116. The second kappa shape index (κ2) is 8.93. The van der Waals surface area contributed by atoms with Gasteiger partial charge in [0.15, 0.2) is 8.38 Å². The molecule has 1 fully saturated rings. The molecule has 2 aromatic rings. The summed E-state index contributed by atoms with van der Waals surface area (Å²) >= 11 is 0. The number of aromatic nitrogens is 3. The van der Waals surface area contributed by atoms with Crippen LogP contribution in [-0.2, 0) is 11.5 Å². The summed E-state index contributed by atoms with van der Waals surface area (Å²) in [5, 5.41) is 5.22. The summed E-state index contributed by atoms with van der Waals surface area (Å²) in [6.45, 7) is 1.72. The Morgan fingerprint density at radius 1 is 1.30 bits per heavy atom. The van der Waals surface area contributed by atoms with E-state index < -0.39 is 8.38 Å². The molecule has 0 spiro atoms. The highest BCUT2D eigenvalue weighted by atomic mass is 31.2. The van der Waals surface area contributed by atoms with E-state index in [1.807, 2.05) is 6.07 Å². The third-order valence-corrected chi connectivity index (χ3v) is 5.57. The van der Waals surface area contributed by atoms with Gasteiger partial charge in [-0.05, 0) is 31.2 Å². The summed E-state index contributed by atoms with van der Waals surface area (Å²) in [6.07, 6.45) is 4.88. The van der Waals surface area contributed by atoms with Gasteiger partial charge in [0.2, 0.25) is 5.88 Å². The lowest BCUT2D eigenvalue weighted by atomic mass is 9.94. The van der Waals surface area contributed by atoms with Gasteiger partial charge in [0.25, 0.3) is 5.56 Å². The van der Waals surface area contributed by atoms with Crippen molar-refractivity contribution < 1.29 is 19.3 Å². The average molecular weight is 396 g/mol. The van der Waals surface area contributed by atoms with Crippen molar-refractivity contribution in [1.82, 2.24) is 14.8 Å². The highest BCUT2D eigenvalue weighted by molar-refractivity contribution is 7.45. The van der Waals surface area contributed by atoms with Gasteiger partial charge in [-0.3, -0.25) is 4.79 Å². The molecule has 0 amide bonds. The van der Waals surface area contributed by atoms with E-state index in [9.17, 15) is 4.79 Å². The van der Waals surface area contributed by atoms with E-state index >= 15 is 0 Å². The Hall–Kier alpha value is -1.80. The normalized spacial score (nSPS) is 15.7. The fourth-order valence-electron chi connectivity index (χ4n) is 3.43. The number of anilines is 1. The monoisotopic (exact) mass is 396 g/mol. The highest BCUT2D eigenvalue weighted by Crippen LogP contribution is 2.32. The van der Waals surface area contributed by atoms with Crippen LogP contribution in [-0.4, -0.2) is 58.0 Å². The highest BCUT2D eigenvalue weighted by Gasteiger charge is 2.22. The SMILES string of the molecule is COCn1ncc2cc(N3CCC(CCP(O)O)CC3)nc(OC)c2c1=O. The van der Waals surface area contributed by atoms with Crippen LogP contribution < -0.4 is 15.2 Å². The molecule has 0 aliphatic carbocycles. The van der Waals surface area contributed by atoms with Gasteiger partial charge in [-0.15, -0.1) is 0 Å². The smallest absolute Gasteiger partial charge is 0.282 e. The summed E-state index contributed by atoms with van der Waals surface area (Å²) in [6, 6.07) is 1.87. The summed E-state index contributed by atoms with van der Waals surface area (Å²) in [4.78, 5) is 37.5. The molecule has 0 aromatic carbocycles.